The van der Waals surface area contributed by atoms with Crippen LogP contribution in [0.25, 0.3) is 0 Å². The standard InChI is InChI=1S/C18H24O5S.Na/c1-18-9-8-14-13-5-3-12(23-24(20,21)22)10-11(13)2-4-15(14)16(18)6-7-17(18)19;/h3,5,10,14-17,19H,2,4,6-9H2,1H3,(H,20,21,22);/q;+1/p-1/t14?,15?,16?,17-,18+;/m1./s1. The number of hydrogen-bond acceptors (Lipinski definition) is 5. The Morgan fingerprint density at radius 2 is 2.00 bits per heavy atom. The van der Waals surface area contributed by atoms with Gasteiger partial charge in [0.15, 0.2) is 0 Å². The zero-order valence-corrected chi connectivity index (χ0v) is 17.6. The zero-order valence-electron chi connectivity index (χ0n) is 14.8. The van der Waals surface area contributed by atoms with Crippen molar-refractivity contribution in [3.05, 3.63) is 29.3 Å². The van der Waals surface area contributed by atoms with Crippen LogP contribution < -0.4 is 33.7 Å². The molecule has 0 saturated heterocycles. The summed E-state index contributed by atoms with van der Waals surface area (Å²) in [4.78, 5) is 0. The Kier molecular flexibility index (Phi) is 5.35. The van der Waals surface area contributed by atoms with Crippen LogP contribution >= 0.6 is 0 Å². The number of hydrogen-bond donors (Lipinski definition) is 1. The normalized spacial score (nSPS) is 36.6. The summed E-state index contributed by atoms with van der Waals surface area (Å²) < 4.78 is 36.8. The summed E-state index contributed by atoms with van der Waals surface area (Å²) in [6, 6.07) is 5.23. The average molecular weight is 374 g/mol. The molecule has 0 bridgehead atoms. The largest absolute Gasteiger partial charge is 1.00 e. The number of aliphatic hydroxyl groups is 1. The van der Waals surface area contributed by atoms with Gasteiger partial charge in [0.1, 0.15) is 5.75 Å². The maximum atomic E-state index is 10.8. The molecule has 1 aromatic rings. The van der Waals surface area contributed by atoms with Gasteiger partial charge in [-0.05, 0) is 85.0 Å². The van der Waals surface area contributed by atoms with Gasteiger partial charge in [0.05, 0.1) is 6.10 Å². The minimum atomic E-state index is -4.73. The van der Waals surface area contributed by atoms with Gasteiger partial charge in [-0.25, -0.2) is 8.42 Å². The van der Waals surface area contributed by atoms with Gasteiger partial charge in [0.2, 0.25) is 0 Å². The molecule has 5 nitrogen and oxygen atoms in total. The van der Waals surface area contributed by atoms with Crippen molar-refractivity contribution in [2.24, 2.45) is 17.3 Å². The van der Waals surface area contributed by atoms with Crippen molar-refractivity contribution in [2.75, 3.05) is 0 Å². The molecule has 4 rings (SSSR count). The van der Waals surface area contributed by atoms with Gasteiger partial charge in [0, 0.05) is 0 Å². The first-order valence-electron chi connectivity index (χ1n) is 8.74. The second-order valence-corrected chi connectivity index (χ2v) is 8.89. The molecule has 3 aliphatic carbocycles. The van der Waals surface area contributed by atoms with Crippen LogP contribution in [0.15, 0.2) is 18.2 Å². The molecule has 132 valence electrons. The molecule has 2 saturated carbocycles. The Labute approximate surface area is 171 Å². The zero-order chi connectivity index (χ0) is 17.1. The summed E-state index contributed by atoms with van der Waals surface area (Å²) in [5.41, 5.74) is 2.42. The third kappa shape index (κ3) is 3.42. The fraction of sp³-hybridized carbons (Fsp3) is 0.667. The van der Waals surface area contributed by atoms with E-state index in [4.69, 9.17) is 0 Å². The molecule has 0 radical (unpaired) electrons. The molecule has 3 unspecified atom stereocenters. The van der Waals surface area contributed by atoms with Crippen LogP contribution in [0, 0.1) is 17.3 Å². The quantitative estimate of drug-likeness (QED) is 0.438. The van der Waals surface area contributed by atoms with E-state index in [0.29, 0.717) is 17.8 Å². The molecular formula is C18H23NaO5S. The second-order valence-electron chi connectivity index (χ2n) is 7.91. The number of fused-ring (bicyclic) bond motifs is 5. The fourth-order valence-electron chi connectivity index (χ4n) is 5.70. The Bertz CT molecular complexity index is 765. The van der Waals surface area contributed by atoms with Crippen LogP contribution in [0.3, 0.4) is 0 Å². The predicted molar refractivity (Wildman–Crippen MR) is 87.4 cm³/mol. The molecule has 1 aromatic carbocycles. The van der Waals surface area contributed by atoms with E-state index in [9.17, 15) is 18.1 Å². The van der Waals surface area contributed by atoms with Gasteiger partial charge < -0.3 is 13.8 Å². The molecule has 25 heavy (non-hydrogen) atoms. The summed E-state index contributed by atoms with van der Waals surface area (Å²) >= 11 is 0. The number of aliphatic hydroxyl groups excluding tert-OH is 1. The summed E-state index contributed by atoms with van der Waals surface area (Å²) in [5.74, 6) is 1.73. The van der Waals surface area contributed by atoms with Gasteiger partial charge in [-0.3, -0.25) is 0 Å². The maximum absolute atomic E-state index is 10.8. The summed E-state index contributed by atoms with van der Waals surface area (Å²) in [6.45, 7) is 2.25. The predicted octanol–water partition coefficient (Wildman–Crippen LogP) is -0.253. The minimum Gasteiger partial charge on any atom is -0.716 e. The maximum Gasteiger partial charge on any atom is 1.00 e. The van der Waals surface area contributed by atoms with Crippen molar-refractivity contribution in [2.45, 2.75) is 57.5 Å². The molecule has 5 atom stereocenters. The molecule has 3 aliphatic rings. The van der Waals surface area contributed by atoms with E-state index in [0.717, 1.165) is 44.1 Å². The molecule has 1 N–H and O–H groups in total. The Balaban J connectivity index is 0.00000182. The van der Waals surface area contributed by atoms with Crippen LogP contribution in [0.4, 0.5) is 0 Å². The second kappa shape index (κ2) is 6.80. The van der Waals surface area contributed by atoms with Gasteiger partial charge >= 0.3 is 29.6 Å². The van der Waals surface area contributed by atoms with Crippen LogP contribution in [-0.2, 0) is 16.8 Å². The molecule has 2 fully saturated rings. The molecular weight excluding hydrogens is 351 g/mol. The van der Waals surface area contributed by atoms with E-state index >= 15 is 0 Å². The van der Waals surface area contributed by atoms with Gasteiger partial charge in [0.25, 0.3) is 10.4 Å². The Hall–Kier alpha value is -0.110. The molecule has 0 amide bonds. The van der Waals surface area contributed by atoms with E-state index < -0.39 is 10.4 Å². The first kappa shape index (κ1) is 19.6. The van der Waals surface area contributed by atoms with Crippen LogP contribution in [0.1, 0.15) is 56.1 Å². The van der Waals surface area contributed by atoms with E-state index in [2.05, 4.69) is 11.1 Å². The third-order valence-corrected chi connectivity index (χ3v) is 7.24. The van der Waals surface area contributed by atoms with Crippen molar-refractivity contribution in [3.8, 4) is 5.75 Å². The van der Waals surface area contributed by atoms with Crippen LogP contribution in [-0.4, -0.2) is 24.2 Å². The Morgan fingerprint density at radius 1 is 1.24 bits per heavy atom. The molecule has 0 heterocycles. The van der Waals surface area contributed by atoms with Crippen LogP contribution in [0.2, 0.25) is 0 Å². The third-order valence-electron chi connectivity index (χ3n) is 6.85. The number of rotatable bonds is 2. The first-order chi connectivity index (χ1) is 11.3. The van der Waals surface area contributed by atoms with Crippen molar-refractivity contribution in [1.82, 2.24) is 0 Å². The van der Waals surface area contributed by atoms with Gasteiger partial charge in [-0.2, -0.15) is 0 Å². The van der Waals surface area contributed by atoms with E-state index in [1.807, 2.05) is 6.07 Å². The SMILES string of the molecule is C[C@]12CCC3c4ccc(OS(=O)(=O)[O-])cc4CCC3C1CC[C@H]2O.[Na+]. The molecule has 0 aliphatic heterocycles. The first-order valence-corrected chi connectivity index (χ1v) is 10.1. The molecule has 0 aromatic heterocycles. The van der Waals surface area contributed by atoms with E-state index in [1.165, 1.54) is 5.56 Å². The van der Waals surface area contributed by atoms with Crippen molar-refractivity contribution < 1.29 is 51.8 Å². The Morgan fingerprint density at radius 3 is 2.72 bits per heavy atom. The topological polar surface area (TPSA) is 86.7 Å². The minimum absolute atomic E-state index is 0. The van der Waals surface area contributed by atoms with Gasteiger partial charge in [-0.1, -0.05) is 13.0 Å². The van der Waals surface area contributed by atoms with Crippen molar-refractivity contribution in [3.63, 3.8) is 0 Å². The number of aryl methyl sites for hydroxylation is 1. The summed E-state index contributed by atoms with van der Waals surface area (Å²) in [7, 11) is -4.73. The molecule has 7 heteroatoms. The summed E-state index contributed by atoms with van der Waals surface area (Å²) in [6.07, 6.45) is 5.85. The van der Waals surface area contributed by atoms with Gasteiger partial charge in [-0.15, -0.1) is 0 Å². The fourth-order valence-corrected chi connectivity index (χ4v) is 6.04. The van der Waals surface area contributed by atoms with Crippen LogP contribution in [0.5, 0.6) is 5.75 Å². The van der Waals surface area contributed by atoms with Crippen molar-refractivity contribution >= 4 is 10.4 Å². The number of benzene rings is 1. The van der Waals surface area contributed by atoms with E-state index in [-0.39, 0.29) is 46.8 Å². The summed E-state index contributed by atoms with van der Waals surface area (Å²) in [5, 5.41) is 10.4. The average Bonchev–Trinajstić information content (AvgIpc) is 2.81. The van der Waals surface area contributed by atoms with Crippen molar-refractivity contribution in [1.29, 1.82) is 0 Å². The van der Waals surface area contributed by atoms with E-state index in [1.54, 1.807) is 12.1 Å². The monoisotopic (exact) mass is 374 g/mol. The molecule has 0 spiro atoms. The smallest absolute Gasteiger partial charge is 0.716 e.